The lowest BCUT2D eigenvalue weighted by atomic mass is 9.87. The lowest BCUT2D eigenvalue weighted by Gasteiger charge is -2.14. The molecule has 0 aliphatic heterocycles. The SMILES string of the molecule is CC(C(=O)C(C#N)c1ccc(Br)cc1)C1CC1. The van der Waals surface area contributed by atoms with Crippen molar-refractivity contribution >= 4 is 21.7 Å². The Kier molecular flexibility index (Phi) is 3.63. The molecule has 2 atom stereocenters. The Morgan fingerprint density at radius 1 is 1.41 bits per heavy atom. The summed E-state index contributed by atoms with van der Waals surface area (Å²) in [6.07, 6.45) is 2.26. The lowest BCUT2D eigenvalue weighted by molar-refractivity contribution is -0.123. The zero-order valence-corrected chi connectivity index (χ0v) is 11.3. The van der Waals surface area contributed by atoms with Gasteiger partial charge in [-0.05, 0) is 36.5 Å². The van der Waals surface area contributed by atoms with Crippen molar-refractivity contribution in [3.05, 3.63) is 34.3 Å². The summed E-state index contributed by atoms with van der Waals surface area (Å²) in [4.78, 5) is 12.2. The van der Waals surface area contributed by atoms with E-state index < -0.39 is 5.92 Å². The predicted octanol–water partition coefficient (Wildman–Crippen LogP) is 3.67. The molecule has 2 nitrogen and oxygen atoms in total. The fraction of sp³-hybridized carbons (Fsp3) is 0.429. The van der Waals surface area contributed by atoms with E-state index in [0.717, 1.165) is 22.9 Å². The fourth-order valence-corrected chi connectivity index (χ4v) is 2.31. The van der Waals surface area contributed by atoms with Crippen molar-refractivity contribution in [1.82, 2.24) is 0 Å². The van der Waals surface area contributed by atoms with Gasteiger partial charge in [0.25, 0.3) is 0 Å². The molecular weight excluding hydrogens is 278 g/mol. The van der Waals surface area contributed by atoms with Crippen molar-refractivity contribution in [3.63, 3.8) is 0 Å². The smallest absolute Gasteiger partial charge is 0.157 e. The van der Waals surface area contributed by atoms with E-state index in [0.29, 0.717) is 5.92 Å². The highest BCUT2D eigenvalue weighted by Crippen LogP contribution is 2.39. The zero-order valence-electron chi connectivity index (χ0n) is 9.69. The van der Waals surface area contributed by atoms with E-state index in [1.54, 1.807) is 0 Å². The quantitative estimate of drug-likeness (QED) is 0.849. The monoisotopic (exact) mass is 291 g/mol. The van der Waals surface area contributed by atoms with Gasteiger partial charge in [0.1, 0.15) is 5.92 Å². The van der Waals surface area contributed by atoms with Crippen LogP contribution in [-0.2, 0) is 4.79 Å². The number of halogens is 1. The van der Waals surface area contributed by atoms with E-state index in [2.05, 4.69) is 22.0 Å². The van der Waals surface area contributed by atoms with E-state index in [1.807, 2.05) is 31.2 Å². The minimum atomic E-state index is -0.612. The minimum absolute atomic E-state index is 0.0169. The first-order valence-corrected chi connectivity index (χ1v) is 6.61. The minimum Gasteiger partial charge on any atom is -0.298 e. The number of nitrogens with zero attached hydrogens (tertiary/aromatic N) is 1. The summed E-state index contributed by atoms with van der Waals surface area (Å²) in [6.45, 7) is 1.95. The number of carbonyl (C=O) groups excluding carboxylic acids is 1. The van der Waals surface area contributed by atoms with Crippen LogP contribution in [0.15, 0.2) is 28.7 Å². The summed E-state index contributed by atoms with van der Waals surface area (Å²) >= 11 is 3.35. The first kappa shape index (κ1) is 12.3. The Labute approximate surface area is 110 Å². The third-order valence-corrected chi connectivity index (χ3v) is 3.92. The molecule has 1 fully saturated rings. The normalized spacial score (nSPS) is 18.2. The van der Waals surface area contributed by atoms with Gasteiger partial charge in [-0.1, -0.05) is 35.0 Å². The van der Waals surface area contributed by atoms with Gasteiger partial charge in [0, 0.05) is 10.4 Å². The van der Waals surface area contributed by atoms with Crippen LogP contribution in [0.1, 0.15) is 31.2 Å². The molecule has 1 aliphatic rings. The predicted molar refractivity (Wildman–Crippen MR) is 69.4 cm³/mol. The lowest BCUT2D eigenvalue weighted by Crippen LogP contribution is -2.20. The van der Waals surface area contributed by atoms with Gasteiger partial charge in [-0.25, -0.2) is 0 Å². The third-order valence-electron chi connectivity index (χ3n) is 3.39. The van der Waals surface area contributed by atoms with E-state index >= 15 is 0 Å². The van der Waals surface area contributed by atoms with Gasteiger partial charge < -0.3 is 0 Å². The Balaban J connectivity index is 2.18. The second-order valence-corrected chi connectivity index (χ2v) is 5.56. The number of rotatable bonds is 4. The topological polar surface area (TPSA) is 40.9 Å². The molecule has 0 aromatic heterocycles. The van der Waals surface area contributed by atoms with Crippen molar-refractivity contribution in [3.8, 4) is 6.07 Å². The van der Waals surface area contributed by atoms with E-state index in [-0.39, 0.29) is 11.7 Å². The summed E-state index contributed by atoms with van der Waals surface area (Å²) in [5.74, 6) is -0.0203. The molecule has 0 N–H and O–H groups in total. The van der Waals surface area contributed by atoms with Gasteiger partial charge in [-0.2, -0.15) is 5.26 Å². The van der Waals surface area contributed by atoms with Crippen LogP contribution in [0.25, 0.3) is 0 Å². The van der Waals surface area contributed by atoms with Gasteiger partial charge in [-0.3, -0.25) is 4.79 Å². The van der Waals surface area contributed by atoms with Gasteiger partial charge in [0.15, 0.2) is 5.78 Å². The number of nitriles is 1. The van der Waals surface area contributed by atoms with E-state index in [9.17, 15) is 10.1 Å². The Hall–Kier alpha value is -1.14. The van der Waals surface area contributed by atoms with Crippen molar-refractivity contribution in [2.45, 2.75) is 25.7 Å². The summed E-state index contributed by atoms with van der Waals surface area (Å²) in [7, 11) is 0. The largest absolute Gasteiger partial charge is 0.298 e. The molecule has 0 radical (unpaired) electrons. The molecule has 1 saturated carbocycles. The first-order chi connectivity index (χ1) is 8.13. The van der Waals surface area contributed by atoms with Crippen LogP contribution < -0.4 is 0 Å². The highest BCUT2D eigenvalue weighted by atomic mass is 79.9. The molecule has 17 heavy (non-hydrogen) atoms. The molecule has 3 heteroatoms. The molecule has 1 aromatic rings. The number of hydrogen-bond donors (Lipinski definition) is 0. The Bertz CT molecular complexity index is 456. The van der Waals surface area contributed by atoms with Crippen LogP contribution in [0.2, 0.25) is 0 Å². The number of carbonyl (C=O) groups is 1. The number of benzene rings is 1. The molecule has 0 spiro atoms. The van der Waals surface area contributed by atoms with Gasteiger partial charge in [0.2, 0.25) is 0 Å². The molecule has 88 valence electrons. The maximum Gasteiger partial charge on any atom is 0.157 e. The van der Waals surface area contributed by atoms with Crippen LogP contribution in [0.3, 0.4) is 0 Å². The van der Waals surface area contributed by atoms with Crippen LogP contribution in [0, 0.1) is 23.2 Å². The van der Waals surface area contributed by atoms with Crippen LogP contribution in [-0.4, -0.2) is 5.78 Å². The molecule has 2 unspecified atom stereocenters. The molecule has 1 aromatic carbocycles. The molecule has 1 aliphatic carbocycles. The van der Waals surface area contributed by atoms with E-state index in [4.69, 9.17) is 0 Å². The Morgan fingerprint density at radius 2 is 2.00 bits per heavy atom. The van der Waals surface area contributed by atoms with Crippen molar-refractivity contribution in [1.29, 1.82) is 5.26 Å². The zero-order chi connectivity index (χ0) is 12.4. The van der Waals surface area contributed by atoms with Crippen molar-refractivity contribution in [2.75, 3.05) is 0 Å². The van der Waals surface area contributed by atoms with Gasteiger partial charge >= 0.3 is 0 Å². The average Bonchev–Trinajstić information content (AvgIpc) is 3.15. The summed E-state index contributed by atoms with van der Waals surface area (Å²) < 4.78 is 0.959. The summed E-state index contributed by atoms with van der Waals surface area (Å²) in [5, 5.41) is 9.19. The molecule has 0 saturated heterocycles. The van der Waals surface area contributed by atoms with Gasteiger partial charge in [-0.15, -0.1) is 0 Å². The molecule has 0 heterocycles. The van der Waals surface area contributed by atoms with Crippen LogP contribution in [0.5, 0.6) is 0 Å². The van der Waals surface area contributed by atoms with Crippen LogP contribution in [0.4, 0.5) is 0 Å². The van der Waals surface area contributed by atoms with Crippen molar-refractivity contribution in [2.24, 2.45) is 11.8 Å². The average molecular weight is 292 g/mol. The highest BCUT2D eigenvalue weighted by Gasteiger charge is 2.36. The third kappa shape index (κ3) is 2.76. The summed E-state index contributed by atoms with van der Waals surface area (Å²) in [6, 6.07) is 9.56. The maximum atomic E-state index is 12.2. The Morgan fingerprint density at radius 3 is 2.47 bits per heavy atom. The van der Waals surface area contributed by atoms with E-state index in [1.165, 1.54) is 0 Å². The number of ketones is 1. The second-order valence-electron chi connectivity index (χ2n) is 4.64. The molecule has 2 rings (SSSR count). The number of Topliss-reactive ketones (excluding diaryl/α,β-unsaturated/α-hetero) is 1. The molecule has 0 amide bonds. The standard InChI is InChI=1S/C14H14BrNO/c1-9(10-2-3-10)14(17)13(8-16)11-4-6-12(15)7-5-11/h4-7,9-10,13H,2-3H2,1H3. The maximum absolute atomic E-state index is 12.2. The molecular formula is C14H14BrNO. The van der Waals surface area contributed by atoms with Gasteiger partial charge in [0.05, 0.1) is 6.07 Å². The first-order valence-electron chi connectivity index (χ1n) is 5.82. The van der Waals surface area contributed by atoms with Crippen molar-refractivity contribution < 1.29 is 4.79 Å². The summed E-state index contributed by atoms with van der Waals surface area (Å²) in [5.41, 5.74) is 0.799. The fourth-order valence-electron chi connectivity index (χ4n) is 2.05. The number of hydrogen-bond acceptors (Lipinski definition) is 2. The second kappa shape index (κ2) is 5.01. The molecule has 0 bridgehead atoms. The van der Waals surface area contributed by atoms with Crippen LogP contribution >= 0.6 is 15.9 Å². The highest BCUT2D eigenvalue weighted by molar-refractivity contribution is 9.10.